The van der Waals surface area contributed by atoms with Gasteiger partial charge in [0.15, 0.2) is 0 Å². The van der Waals surface area contributed by atoms with Crippen LogP contribution in [0.5, 0.6) is 5.75 Å². The van der Waals surface area contributed by atoms with Crippen molar-refractivity contribution in [3.8, 4) is 5.75 Å². The standard InChI is InChI=1S/C20H26N2O2/c1-4-16-9-11-17(12-10-16)15(2)22-20(23)21-14-13-18-7-5-6-8-19(18)24-3/h5-12,15H,4,13-14H2,1-3H3,(H2,21,22,23). The number of amides is 2. The van der Waals surface area contributed by atoms with Crippen molar-refractivity contribution in [2.75, 3.05) is 13.7 Å². The number of nitrogens with one attached hydrogen (secondary N) is 2. The second kappa shape index (κ2) is 8.96. The van der Waals surface area contributed by atoms with Gasteiger partial charge in [0.2, 0.25) is 0 Å². The van der Waals surface area contributed by atoms with Crippen LogP contribution in [0.4, 0.5) is 4.79 Å². The molecule has 0 aliphatic rings. The summed E-state index contributed by atoms with van der Waals surface area (Å²) in [5, 5.41) is 5.87. The quantitative estimate of drug-likeness (QED) is 0.812. The van der Waals surface area contributed by atoms with Crippen molar-refractivity contribution in [1.29, 1.82) is 0 Å². The smallest absolute Gasteiger partial charge is 0.315 e. The summed E-state index contributed by atoms with van der Waals surface area (Å²) in [5.41, 5.74) is 3.49. The largest absolute Gasteiger partial charge is 0.496 e. The third-order valence-corrected chi connectivity index (χ3v) is 4.11. The number of hydrogen-bond acceptors (Lipinski definition) is 2. The number of hydrogen-bond donors (Lipinski definition) is 2. The van der Waals surface area contributed by atoms with E-state index in [2.05, 4.69) is 41.8 Å². The van der Waals surface area contributed by atoms with E-state index >= 15 is 0 Å². The molecule has 0 heterocycles. The van der Waals surface area contributed by atoms with Crippen molar-refractivity contribution in [3.63, 3.8) is 0 Å². The van der Waals surface area contributed by atoms with Gasteiger partial charge in [0.25, 0.3) is 0 Å². The van der Waals surface area contributed by atoms with E-state index in [9.17, 15) is 4.79 Å². The van der Waals surface area contributed by atoms with Crippen LogP contribution in [0, 0.1) is 0 Å². The number of rotatable bonds is 7. The first-order valence-electron chi connectivity index (χ1n) is 8.39. The highest BCUT2D eigenvalue weighted by molar-refractivity contribution is 5.74. The minimum Gasteiger partial charge on any atom is -0.496 e. The van der Waals surface area contributed by atoms with E-state index in [-0.39, 0.29) is 12.1 Å². The Balaban J connectivity index is 1.80. The molecule has 4 nitrogen and oxygen atoms in total. The lowest BCUT2D eigenvalue weighted by molar-refractivity contribution is 0.238. The molecule has 1 atom stereocenters. The molecule has 0 radical (unpaired) electrons. The molecule has 0 aliphatic carbocycles. The summed E-state index contributed by atoms with van der Waals surface area (Å²) < 4.78 is 5.32. The molecule has 2 rings (SSSR count). The highest BCUT2D eigenvalue weighted by Gasteiger charge is 2.09. The number of carbonyl (C=O) groups excluding carboxylic acids is 1. The fourth-order valence-corrected chi connectivity index (χ4v) is 2.59. The van der Waals surface area contributed by atoms with Gasteiger partial charge in [-0.3, -0.25) is 0 Å². The van der Waals surface area contributed by atoms with Crippen LogP contribution in [0.15, 0.2) is 48.5 Å². The molecule has 1 unspecified atom stereocenters. The van der Waals surface area contributed by atoms with Gasteiger partial charge < -0.3 is 15.4 Å². The zero-order chi connectivity index (χ0) is 17.4. The molecular weight excluding hydrogens is 300 g/mol. The van der Waals surface area contributed by atoms with Crippen molar-refractivity contribution in [2.24, 2.45) is 0 Å². The van der Waals surface area contributed by atoms with E-state index in [4.69, 9.17) is 4.74 Å². The van der Waals surface area contributed by atoms with Crippen molar-refractivity contribution in [2.45, 2.75) is 32.7 Å². The Kier molecular flexibility index (Phi) is 6.67. The monoisotopic (exact) mass is 326 g/mol. The van der Waals surface area contributed by atoms with E-state index in [1.54, 1.807) is 7.11 Å². The van der Waals surface area contributed by atoms with Crippen molar-refractivity contribution < 1.29 is 9.53 Å². The van der Waals surface area contributed by atoms with Gasteiger partial charge in [0.1, 0.15) is 5.75 Å². The molecule has 0 aromatic heterocycles. The molecule has 24 heavy (non-hydrogen) atoms. The Labute approximate surface area is 144 Å². The van der Waals surface area contributed by atoms with Crippen LogP contribution in [0.3, 0.4) is 0 Å². The fourth-order valence-electron chi connectivity index (χ4n) is 2.59. The molecule has 128 valence electrons. The molecule has 0 aliphatic heterocycles. The molecule has 0 saturated carbocycles. The van der Waals surface area contributed by atoms with Gasteiger partial charge in [0.05, 0.1) is 13.2 Å². The van der Waals surface area contributed by atoms with Crippen LogP contribution in [0.2, 0.25) is 0 Å². The second-order valence-corrected chi connectivity index (χ2v) is 5.78. The van der Waals surface area contributed by atoms with E-state index in [0.717, 1.165) is 29.7 Å². The maximum atomic E-state index is 12.0. The summed E-state index contributed by atoms with van der Waals surface area (Å²) in [4.78, 5) is 12.0. The lowest BCUT2D eigenvalue weighted by atomic mass is 10.1. The summed E-state index contributed by atoms with van der Waals surface area (Å²) in [7, 11) is 1.66. The molecule has 2 N–H and O–H groups in total. The molecule has 0 bridgehead atoms. The maximum Gasteiger partial charge on any atom is 0.315 e. The minimum atomic E-state index is -0.156. The van der Waals surface area contributed by atoms with Gasteiger partial charge in [0, 0.05) is 6.54 Å². The normalized spacial score (nSPS) is 11.6. The van der Waals surface area contributed by atoms with Gasteiger partial charge >= 0.3 is 6.03 Å². The lowest BCUT2D eigenvalue weighted by Gasteiger charge is -2.16. The lowest BCUT2D eigenvalue weighted by Crippen LogP contribution is -2.38. The van der Waals surface area contributed by atoms with Crippen LogP contribution in [0.25, 0.3) is 0 Å². The fraction of sp³-hybridized carbons (Fsp3) is 0.350. The number of ether oxygens (including phenoxy) is 1. The number of methoxy groups -OCH3 is 1. The molecule has 4 heteroatoms. The number of urea groups is 1. The van der Waals surface area contributed by atoms with Gasteiger partial charge in [-0.05, 0) is 42.5 Å². The molecular formula is C20H26N2O2. The summed E-state index contributed by atoms with van der Waals surface area (Å²) in [6.07, 6.45) is 1.75. The van der Waals surface area contributed by atoms with Crippen LogP contribution >= 0.6 is 0 Å². The first-order chi connectivity index (χ1) is 11.6. The van der Waals surface area contributed by atoms with E-state index in [1.165, 1.54) is 5.56 Å². The second-order valence-electron chi connectivity index (χ2n) is 5.78. The Morgan fingerprint density at radius 3 is 2.50 bits per heavy atom. The number of aryl methyl sites for hydroxylation is 1. The van der Waals surface area contributed by atoms with E-state index < -0.39 is 0 Å². The topological polar surface area (TPSA) is 50.4 Å². The Morgan fingerprint density at radius 2 is 1.83 bits per heavy atom. The van der Waals surface area contributed by atoms with Gasteiger partial charge in [-0.2, -0.15) is 0 Å². The van der Waals surface area contributed by atoms with Crippen LogP contribution in [-0.2, 0) is 12.8 Å². The van der Waals surface area contributed by atoms with Crippen LogP contribution in [-0.4, -0.2) is 19.7 Å². The van der Waals surface area contributed by atoms with E-state index in [1.807, 2.05) is 31.2 Å². The molecule has 2 aromatic rings. The van der Waals surface area contributed by atoms with Crippen LogP contribution in [0.1, 0.15) is 36.6 Å². The van der Waals surface area contributed by atoms with Crippen molar-refractivity contribution >= 4 is 6.03 Å². The average molecular weight is 326 g/mol. The predicted octanol–water partition coefficient (Wildman–Crippen LogP) is 3.86. The molecule has 2 aromatic carbocycles. The summed E-state index contributed by atoms with van der Waals surface area (Å²) in [6, 6.07) is 16.0. The van der Waals surface area contributed by atoms with E-state index in [0.29, 0.717) is 6.54 Å². The first kappa shape index (κ1) is 17.9. The first-order valence-corrected chi connectivity index (χ1v) is 8.39. The van der Waals surface area contributed by atoms with Gasteiger partial charge in [-0.15, -0.1) is 0 Å². The maximum absolute atomic E-state index is 12.0. The van der Waals surface area contributed by atoms with Gasteiger partial charge in [-0.1, -0.05) is 49.4 Å². The van der Waals surface area contributed by atoms with Gasteiger partial charge in [-0.25, -0.2) is 4.79 Å². The third-order valence-electron chi connectivity index (χ3n) is 4.11. The van der Waals surface area contributed by atoms with Crippen LogP contribution < -0.4 is 15.4 Å². The molecule has 0 spiro atoms. The molecule has 0 fully saturated rings. The zero-order valence-electron chi connectivity index (χ0n) is 14.6. The predicted molar refractivity (Wildman–Crippen MR) is 97.5 cm³/mol. The highest BCUT2D eigenvalue weighted by atomic mass is 16.5. The number of carbonyl (C=O) groups is 1. The zero-order valence-corrected chi connectivity index (χ0v) is 14.6. The molecule has 0 saturated heterocycles. The summed E-state index contributed by atoms with van der Waals surface area (Å²) in [6.45, 7) is 4.68. The van der Waals surface area contributed by atoms with Crippen molar-refractivity contribution in [1.82, 2.24) is 10.6 Å². The van der Waals surface area contributed by atoms with Crippen molar-refractivity contribution in [3.05, 3.63) is 65.2 Å². The Morgan fingerprint density at radius 1 is 1.12 bits per heavy atom. The Hall–Kier alpha value is -2.49. The number of para-hydroxylation sites is 1. The third kappa shape index (κ3) is 5.01. The minimum absolute atomic E-state index is 0.0258. The average Bonchev–Trinajstić information content (AvgIpc) is 2.62. The summed E-state index contributed by atoms with van der Waals surface area (Å²) >= 11 is 0. The summed E-state index contributed by atoms with van der Waals surface area (Å²) in [5.74, 6) is 0.851. The molecule has 2 amide bonds. The highest BCUT2D eigenvalue weighted by Crippen LogP contribution is 2.17. The Bertz CT molecular complexity index is 653. The SMILES string of the molecule is CCc1ccc(C(C)NC(=O)NCCc2ccccc2OC)cc1. The number of benzene rings is 2.